The Labute approximate surface area is 139 Å². The van der Waals surface area contributed by atoms with Crippen LogP contribution in [-0.2, 0) is 11.2 Å². The Hall–Kier alpha value is -2.70. The van der Waals surface area contributed by atoms with Gasteiger partial charge in [-0.3, -0.25) is 9.59 Å². The Morgan fingerprint density at radius 2 is 1.88 bits per heavy atom. The minimum Gasteiger partial charge on any atom is -0.361 e. The summed E-state index contributed by atoms with van der Waals surface area (Å²) in [6, 6.07) is 4.31. The Kier molecular flexibility index (Phi) is 5.68. The second-order valence-electron chi connectivity index (χ2n) is 5.55. The lowest BCUT2D eigenvalue weighted by molar-refractivity contribution is -0.120. The first-order valence-electron chi connectivity index (χ1n) is 7.61. The zero-order chi connectivity index (χ0) is 17.7. The van der Waals surface area contributed by atoms with E-state index in [1.807, 2.05) is 0 Å². The molecule has 0 unspecified atom stereocenters. The first kappa shape index (κ1) is 17.7. The first-order valence-corrected chi connectivity index (χ1v) is 7.61. The summed E-state index contributed by atoms with van der Waals surface area (Å²) in [6.45, 7) is 5.69. The third kappa shape index (κ3) is 4.41. The number of halogens is 1. The molecular formula is C17H20FN3O3. The molecule has 0 saturated carbocycles. The van der Waals surface area contributed by atoms with Gasteiger partial charge in [0.2, 0.25) is 5.91 Å². The van der Waals surface area contributed by atoms with Crippen LogP contribution in [0.4, 0.5) is 4.39 Å². The highest BCUT2D eigenvalue weighted by Gasteiger charge is 2.13. The number of nitrogens with zero attached hydrogens (tertiary/aromatic N) is 1. The van der Waals surface area contributed by atoms with Gasteiger partial charge in [-0.1, -0.05) is 11.2 Å². The molecule has 0 fully saturated rings. The van der Waals surface area contributed by atoms with Crippen molar-refractivity contribution < 1.29 is 18.5 Å². The third-order valence-electron chi connectivity index (χ3n) is 3.69. The average molecular weight is 333 g/mol. The summed E-state index contributed by atoms with van der Waals surface area (Å²) in [5, 5.41) is 9.13. The molecular weight excluding hydrogens is 313 g/mol. The Morgan fingerprint density at radius 3 is 2.50 bits per heavy atom. The van der Waals surface area contributed by atoms with Crippen LogP contribution in [-0.4, -0.2) is 30.1 Å². The standard InChI is InChI=1S/C17H20FN3O3/c1-10-4-5-13(8-15(10)18)17(23)20-7-6-19-16(22)9-14-11(2)21-24-12(14)3/h4-5,8H,6-7,9H2,1-3H3,(H,19,22)(H,20,23). The second kappa shape index (κ2) is 7.72. The maximum Gasteiger partial charge on any atom is 0.251 e. The van der Waals surface area contributed by atoms with Crippen LogP contribution in [0.25, 0.3) is 0 Å². The van der Waals surface area contributed by atoms with Gasteiger partial charge < -0.3 is 15.2 Å². The van der Waals surface area contributed by atoms with Gasteiger partial charge in [0, 0.05) is 24.2 Å². The molecule has 24 heavy (non-hydrogen) atoms. The summed E-state index contributed by atoms with van der Waals surface area (Å²) < 4.78 is 18.4. The number of aromatic nitrogens is 1. The van der Waals surface area contributed by atoms with Gasteiger partial charge in [-0.15, -0.1) is 0 Å². The van der Waals surface area contributed by atoms with Crippen molar-refractivity contribution in [1.29, 1.82) is 0 Å². The molecule has 0 bridgehead atoms. The summed E-state index contributed by atoms with van der Waals surface area (Å²) in [5.41, 5.74) is 2.20. The molecule has 2 amide bonds. The van der Waals surface area contributed by atoms with Crippen molar-refractivity contribution in [3.63, 3.8) is 0 Å². The normalized spacial score (nSPS) is 10.5. The number of hydrogen-bond donors (Lipinski definition) is 2. The van der Waals surface area contributed by atoms with Crippen molar-refractivity contribution in [3.8, 4) is 0 Å². The fourth-order valence-electron chi connectivity index (χ4n) is 2.19. The Morgan fingerprint density at radius 1 is 1.17 bits per heavy atom. The fourth-order valence-corrected chi connectivity index (χ4v) is 2.19. The number of carbonyl (C=O) groups is 2. The molecule has 128 valence electrons. The minimum atomic E-state index is -0.421. The number of amides is 2. The van der Waals surface area contributed by atoms with E-state index in [1.165, 1.54) is 6.07 Å². The summed E-state index contributed by atoms with van der Waals surface area (Å²) in [6.07, 6.45) is 0.179. The van der Waals surface area contributed by atoms with E-state index < -0.39 is 5.82 Å². The molecule has 2 N–H and O–H groups in total. The van der Waals surface area contributed by atoms with E-state index in [2.05, 4.69) is 15.8 Å². The van der Waals surface area contributed by atoms with Crippen LogP contribution in [0.5, 0.6) is 0 Å². The molecule has 0 aliphatic rings. The zero-order valence-corrected chi connectivity index (χ0v) is 13.9. The lowest BCUT2D eigenvalue weighted by Crippen LogP contribution is -2.35. The monoisotopic (exact) mass is 333 g/mol. The molecule has 2 aromatic rings. The van der Waals surface area contributed by atoms with Gasteiger partial charge in [-0.05, 0) is 38.5 Å². The van der Waals surface area contributed by atoms with E-state index in [-0.39, 0.29) is 36.9 Å². The van der Waals surface area contributed by atoms with Crippen molar-refractivity contribution in [1.82, 2.24) is 15.8 Å². The van der Waals surface area contributed by atoms with Gasteiger partial charge in [-0.25, -0.2) is 4.39 Å². The van der Waals surface area contributed by atoms with Crippen LogP contribution >= 0.6 is 0 Å². The number of benzene rings is 1. The topological polar surface area (TPSA) is 84.2 Å². The summed E-state index contributed by atoms with van der Waals surface area (Å²) >= 11 is 0. The Bertz CT molecular complexity index is 736. The molecule has 1 aromatic carbocycles. The number of carbonyl (C=O) groups excluding carboxylic acids is 2. The second-order valence-corrected chi connectivity index (χ2v) is 5.55. The first-order chi connectivity index (χ1) is 11.4. The van der Waals surface area contributed by atoms with E-state index in [9.17, 15) is 14.0 Å². The molecule has 0 aliphatic heterocycles. The number of hydrogen-bond acceptors (Lipinski definition) is 4. The molecule has 6 nitrogen and oxygen atoms in total. The summed E-state index contributed by atoms with van der Waals surface area (Å²) in [7, 11) is 0. The van der Waals surface area contributed by atoms with Gasteiger partial charge in [-0.2, -0.15) is 0 Å². The van der Waals surface area contributed by atoms with Gasteiger partial charge in [0.25, 0.3) is 5.91 Å². The van der Waals surface area contributed by atoms with Crippen molar-refractivity contribution in [3.05, 3.63) is 52.2 Å². The molecule has 0 radical (unpaired) electrons. The van der Waals surface area contributed by atoms with E-state index in [0.29, 0.717) is 17.0 Å². The van der Waals surface area contributed by atoms with Gasteiger partial charge >= 0.3 is 0 Å². The Balaban J connectivity index is 1.75. The van der Waals surface area contributed by atoms with Crippen LogP contribution in [0, 0.1) is 26.6 Å². The van der Waals surface area contributed by atoms with Crippen molar-refractivity contribution in [2.24, 2.45) is 0 Å². The van der Waals surface area contributed by atoms with Crippen molar-refractivity contribution >= 4 is 11.8 Å². The van der Waals surface area contributed by atoms with Gasteiger partial charge in [0.1, 0.15) is 11.6 Å². The van der Waals surface area contributed by atoms with Gasteiger partial charge in [0.15, 0.2) is 0 Å². The van der Waals surface area contributed by atoms with Crippen LogP contribution in [0.15, 0.2) is 22.7 Å². The lowest BCUT2D eigenvalue weighted by atomic mass is 10.1. The summed E-state index contributed by atoms with van der Waals surface area (Å²) in [5.74, 6) is -0.360. The largest absolute Gasteiger partial charge is 0.361 e. The number of nitrogens with one attached hydrogen (secondary N) is 2. The van der Waals surface area contributed by atoms with E-state index in [4.69, 9.17) is 4.52 Å². The average Bonchev–Trinajstić information content (AvgIpc) is 2.86. The fraction of sp³-hybridized carbons (Fsp3) is 0.353. The van der Waals surface area contributed by atoms with Crippen LogP contribution in [0.2, 0.25) is 0 Å². The smallest absolute Gasteiger partial charge is 0.251 e. The summed E-state index contributed by atoms with van der Waals surface area (Å²) in [4.78, 5) is 23.8. The van der Waals surface area contributed by atoms with Crippen LogP contribution < -0.4 is 10.6 Å². The molecule has 7 heteroatoms. The SMILES string of the molecule is Cc1ccc(C(=O)NCCNC(=O)Cc2c(C)noc2C)cc1F. The maximum atomic E-state index is 13.4. The lowest BCUT2D eigenvalue weighted by Gasteiger charge is -2.08. The highest BCUT2D eigenvalue weighted by molar-refractivity contribution is 5.94. The molecule has 0 atom stereocenters. The van der Waals surface area contributed by atoms with E-state index in [0.717, 1.165) is 5.56 Å². The van der Waals surface area contributed by atoms with E-state index >= 15 is 0 Å². The van der Waals surface area contributed by atoms with E-state index in [1.54, 1.807) is 32.9 Å². The quantitative estimate of drug-likeness (QED) is 0.790. The van der Waals surface area contributed by atoms with Crippen molar-refractivity contribution in [2.45, 2.75) is 27.2 Å². The predicted octanol–water partition coefficient (Wildman–Crippen LogP) is 1.83. The molecule has 1 aromatic heterocycles. The van der Waals surface area contributed by atoms with Crippen molar-refractivity contribution in [2.75, 3.05) is 13.1 Å². The highest BCUT2D eigenvalue weighted by Crippen LogP contribution is 2.12. The number of aryl methyl sites for hydroxylation is 3. The zero-order valence-electron chi connectivity index (χ0n) is 13.9. The third-order valence-corrected chi connectivity index (χ3v) is 3.69. The van der Waals surface area contributed by atoms with Crippen LogP contribution in [0.1, 0.15) is 32.9 Å². The minimum absolute atomic E-state index is 0.179. The highest BCUT2D eigenvalue weighted by atomic mass is 19.1. The maximum absolute atomic E-state index is 13.4. The molecule has 0 aliphatic carbocycles. The van der Waals surface area contributed by atoms with Crippen LogP contribution in [0.3, 0.4) is 0 Å². The molecule has 2 rings (SSSR count). The van der Waals surface area contributed by atoms with Gasteiger partial charge in [0.05, 0.1) is 12.1 Å². The molecule has 0 spiro atoms. The molecule has 0 saturated heterocycles. The predicted molar refractivity (Wildman–Crippen MR) is 86.2 cm³/mol. The number of rotatable bonds is 6. The molecule has 1 heterocycles.